The van der Waals surface area contributed by atoms with Crippen LogP contribution in [0.4, 0.5) is 0 Å². The Morgan fingerprint density at radius 3 is 2.67 bits per heavy atom. The third-order valence-electron chi connectivity index (χ3n) is 1.93. The molecular weight excluding hydrogens is 192 g/mol. The van der Waals surface area contributed by atoms with Crippen LogP contribution < -0.4 is 5.73 Å². The van der Waals surface area contributed by atoms with E-state index >= 15 is 0 Å². The highest BCUT2D eigenvalue weighted by atomic mass is 16.6. The molecule has 0 bridgehead atoms. The third kappa shape index (κ3) is 3.91. The molecular formula is C11H14N2O2. The number of carbonyl (C=O) groups is 1. The van der Waals surface area contributed by atoms with Gasteiger partial charge in [0.2, 0.25) is 0 Å². The molecule has 0 aliphatic heterocycles. The molecule has 0 saturated heterocycles. The molecule has 15 heavy (non-hydrogen) atoms. The predicted molar refractivity (Wildman–Crippen MR) is 58.8 cm³/mol. The molecule has 2 N–H and O–H groups in total. The molecule has 1 rings (SSSR count). The average Bonchev–Trinajstić information content (AvgIpc) is 2.28. The Bertz CT molecular complexity index is 333. The van der Waals surface area contributed by atoms with Gasteiger partial charge in [0.15, 0.2) is 0 Å². The molecule has 4 heteroatoms. The lowest BCUT2D eigenvalue weighted by molar-refractivity contribution is -0.108. The fraction of sp³-hybridized carbons (Fsp3) is 0.273. The molecule has 0 aromatic heterocycles. The van der Waals surface area contributed by atoms with Crippen LogP contribution in [0.25, 0.3) is 0 Å². The topological polar surface area (TPSA) is 64.7 Å². The molecule has 1 atom stereocenters. The zero-order valence-corrected chi connectivity index (χ0v) is 8.59. The number of aldehydes is 1. The van der Waals surface area contributed by atoms with Gasteiger partial charge in [-0.25, -0.2) is 0 Å². The summed E-state index contributed by atoms with van der Waals surface area (Å²) in [5.74, 6) is 0. The van der Waals surface area contributed by atoms with Crippen LogP contribution in [0, 0.1) is 0 Å². The monoisotopic (exact) mass is 206 g/mol. The van der Waals surface area contributed by atoms with Crippen molar-refractivity contribution in [2.24, 2.45) is 10.9 Å². The van der Waals surface area contributed by atoms with Gasteiger partial charge in [-0.15, -0.1) is 0 Å². The van der Waals surface area contributed by atoms with E-state index in [0.717, 1.165) is 17.4 Å². The Morgan fingerprint density at radius 2 is 2.13 bits per heavy atom. The van der Waals surface area contributed by atoms with Crippen molar-refractivity contribution in [3.63, 3.8) is 0 Å². The third-order valence-corrected chi connectivity index (χ3v) is 1.93. The van der Waals surface area contributed by atoms with Crippen LogP contribution in [0.2, 0.25) is 0 Å². The Labute approximate surface area is 88.7 Å². The minimum Gasteiger partial charge on any atom is -0.399 e. The molecule has 0 radical (unpaired) electrons. The second-order valence-electron chi connectivity index (χ2n) is 3.16. The zero-order chi connectivity index (χ0) is 11.1. The van der Waals surface area contributed by atoms with Gasteiger partial charge >= 0.3 is 0 Å². The van der Waals surface area contributed by atoms with E-state index in [1.54, 1.807) is 6.21 Å². The number of nitrogens with zero attached hydrogens (tertiary/aromatic N) is 1. The second-order valence-corrected chi connectivity index (χ2v) is 3.16. The van der Waals surface area contributed by atoms with E-state index in [2.05, 4.69) is 9.99 Å². The normalized spacial score (nSPS) is 12.7. The van der Waals surface area contributed by atoms with E-state index in [-0.39, 0.29) is 0 Å². The number of hydrogen-bond donors (Lipinski definition) is 1. The van der Waals surface area contributed by atoms with Crippen LogP contribution in [0.5, 0.6) is 0 Å². The van der Waals surface area contributed by atoms with Gasteiger partial charge in [0.05, 0.1) is 12.3 Å². The summed E-state index contributed by atoms with van der Waals surface area (Å²) in [7, 11) is 1.49. The van der Waals surface area contributed by atoms with Crippen LogP contribution in [-0.2, 0) is 16.1 Å². The van der Waals surface area contributed by atoms with E-state index in [1.165, 1.54) is 7.11 Å². The Kier molecular flexibility index (Phi) is 4.50. The highest BCUT2D eigenvalue weighted by Gasteiger charge is 2.01. The molecule has 1 aromatic rings. The highest BCUT2D eigenvalue weighted by Crippen LogP contribution is 2.04. The minimum atomic E-state index is -0.427. The van der Waals surface area contributed by atoms with Crippen molar-refractivity contribution in [1.29, 1.82) is 0 Å². The molecule has 0 unspecified atom stereocenters. The Hall–Kier alpha value is -1.68. The van der Waals surface area contributed by atoms with E-state index < -0.39 is 6.04 Å². The maximum absolute atomic E-state index is 10.4. The predicted octanol–water partition coefficient (Wildman–Crippen LogP) is 0.736. The quantitative estimate of drug-likeness (QED) is 0.439. The maximum atomic E-state index is 10.4. The average molecular weight is 206 g/mol. The molecule has 0 aliphatic carbocycles. The lowest BCUT2D eigenvalue weighted by atomic mass is 10.1. The van der Waals surface area contributed by atoms with E-state index in [9.17, 15) is 4.79 Å². The number of oxime groups is 1. The van der Waals surface area contributed by atoms with Gasteiger partial charge in [0.25, 0.3) is 0 Å². The fourth-order valence-electron chi connectivity index (χ4n) is 1.17. The lowest BCUT2D eigenvalue weighted by Crippen LogP contribution is -2.23. The minimum absolute atomic E-state index is 0.427. The molecule has 4 nitrogen and oxygen atoms in total. The van der Waals surface area contributed by atoms with Crippen LogP contribution >= 0.6 is 0 Å². The molecule has 1 aromatic carbocycles. The van der Waals surface area contributed by atoms with Gasteiger partial charge in [-0.3, -0.25) is 0 Å². The summed E-state index contributed by atoms with van der Waals surface area (Å²) in [5, 5.41) is 3.64. The van der Waals surface area contributed by atoms with Crippen molar-refractivity contribution in [2.45, 2.75) is 12.5 Å². The highest BCUT2D eigenvalue weighted by molar-refractivity contribution is 5.79. The summed E-state index contributed by atoms with van der Waals surface area (Å²) < 4.78 is 0. The van der Waals surface area contributed by atoms with E-state index in [0.29, 0.717) is 6.42 Å². The molecule has 0 heterocycles. The molecule has 0 amide bonds. The number of nitrogens with two attached hydrogens (primary N) is 1. The first-order chi connectivity index (χ1) is 7.26. The second kappa shape index (κ2) is 5.93. The van der Waals surface area contributed by atoms with Gasteiger partial charge in [0, 0.05) is 0 Å². The Morgan fingerprint density at radius 1 is 1.47 bits per heavy atom. The summed E-state index contributed by atoms with van der Waals surface area (Å²) in [5.41, 5.74) is 7.49. The van der Waals surface area contributed by atoms with Crippen molar-refractivity contribution in [1.82, 2.24) is 0 Å². The smallest absolute Gasteiger partial charge is 0.137 e. The molecule has 80 valence electrons. The summed E-state index contributed by atoms with van der Waals surface area (Å²) in [6, 6.07) is 7.20. The van der Waals surface area contributed by atoms with Gasteiger partial charge in [-0.05, 0) is 17.5 Å². The van der Waals surface area contributed by atoms with Gasteiger partial charge in [-0.1, -0.05) is 29.4 Å². The summed E-state index contributed by atoms with van der Waals surface area (Å²) in [6.45, 7) is 0. The lowest BCUT2D eigenvalue weighted by Gasteiger charge is -2.03. The summed E-state index contributed by atoms with van der Waals surface area (Å²) in [6.07, 6.45) is 2.93. The molecule has 0 spiro atoms. The van der Waals surface area contributed by atoms with Gasteiger partial charge < -0.3 is 15.4 Å². The van der Waals surface area contributed by atoms with Crippen LogP contribution in [0.3, 0.4) is 0 Å². The first kappa shape index (κ1) is 11.4. The largest absolute Gasteiger partial charge is 0.399 e. The summed E-state index contributed by atoms with van der Waals surface area (Å²) in [4.78, 5) is 14.9. The van der Waals surface area contributed by atoms with Crippen molar-refractivity contribution < 1.29 is 9.63 Å². The molecule has 0 saturated carbocycles. The van der Waals surface area contributed by atoms with E-state index in [4.69, 9.17) is 5.73 Å². The maximum Gasteiger partial charge on any atom is 0.137 e. The summed E-state index contributed by atoms with van der Waals surface area (Å²) >= 11 is 0. The SMILES string of the molecule is CO/N=C/c1ccc(C[C@H](N)C=O)cc1. The van der Waals surface area contributed by atoms with Gasteiger partial charge in [0.1, 0.15) is 13.4 Å². The van der Waals surface area contributed by atoms with Crippen molar-refractivity contribution in [2.75, 3.05) is 7.11 Å². The van der Waals surface area contributed by atoms with Crippen LogP contribution in [0.1, 0.15) is 11.1 Å². The number of hydrogen-bond acceptors (Lipinski definition) is 4. The fourth-order valence-corrected chi connectivity index (χ4v) is 1.17. The Balaban J connectivity index is 2.63. The number of rotatable bonds is 5. The molecule has 0 fully saturated rings. The number of benzene rings is 1. The van der Waals surface area contributed by atoms with Gasteiger partial charge in [-0.2, -0.15) is 0 Å². The van der Waals surface area contributed by atoms with Crippen molar-refractivity contribution in [3.05, 3.63) is 35.4 Å². The first-order valence-corrected chi connectivity index (χ1v) is 4.62. The van der Waals surface area contributed by atoms with E-state index in [1.807, 2.05) is 24.3 Å². The zero-order valence-electron chi connectivity index (χ0n) is 8.59. The van der Waals surface area contributed by atoms with Crippen molar-refractivity contribution in [3.8, 4) is 0 Å². The van der Waals surface area contributed by atoms with Crippen molar-refractivity contribution >= 4 is 12.5 Å². The van der Waals surface area contributed by atoms with Crippen LogP contribution in [0.15, 0.2) is 29.4 Å². The standard InChI is InChI=1S/C11H14N2O2/c1-15-13-7-10-4-2-9(3-5-10)6-11(12)8-14/h2-5,7-8,11H,6,12H2,1H3/b13-7+/t11-/m0/s1. The van der Waals surface area contributed by atoms with Crippen LogP contribution in [-0.4, -0.2) is 25.7 Å². The number of carbonyl (C=O) groups excluding carboxylic acids is 1. The first-order valence-electron chi connectivity index (χ1n) is 4.62. The molecule has 0 aliphatic rings.